The molecule has 3 fully saturated rings. The monoisotopic (exact) mass is 1820 g/mol. The van der Waals surface area contributed by atoms with E-state index in [-0.39, 0.29) is 22.4 Å². The molecule has 0 aliphatic carbocycles. The molecule has 6 aliphatic rings. The van der Waals surface area contributed by atoms with Crippen LogP contribution in [0.2, 0.25) is 0 Å². The van der Waals surface area contributed by atoms with Crippen molar-refractivity contribution >= 4 is 169 Å². The summed E-state index contributed by atoms with van der Waals surface area (Å²) in [6.45, 7) is 9.46. The van der Waals surface area contributed by atoms with E-state index in [0.29, 0.717) is 164 Å². The first kappa shape index (κ1) is 86.6. The number of amides is 9. The molecule has 15 aromatic rings. The van der Waals surface area contributed by atoms with E-state index in [0.717, 1.165) is 93.6 Å². The third-order valence-electron chi connectivity index (χ3n) is 23.4. The number of urea groups is 3. The molecule has 0 spiro atoms. The summed E-state index contributed by atoms with van der Waals surface area (Å²) < 4.78 is 28.5. The van der Waals surface area contributed by atoms with Crippen molar-refractivity contribution < 1.29 is 57.6 Å². The molecular weight excluding hydrogens is 1730 g/mol. The predicted octanol–water partition coefficient (Wildman–Crippen LogP) is 19.9. The molecule has 3 saturated heterocycles. The average molecular weight is 1820 g/mol. The van der Waals surface area contributed by atoms with Crippen LogP contribution in [0.15, 0.2) is 250 Å². The Labute approximate surface area is 770 Å². The van der Waals surface area contributed by atoms with Crippen molar-refractivity contribution in [3.63, 3.8) is 0 Å². The van der Waals surface area contributed by atoms with E-state index in [9.17, 15) is 33.9 Å². The number of thiophene rings is 3. The van der Waals surface area contributed by atoms with Crippen LogP contribution in [0.4, 0.5) is 83.0 Å². The zero-order valence-electron chi connectivity index (χ0n) is 71.9. The van der Waals surface area contributed by atoms with Crippen molar-refractivity contribution in [2.24, 2.45) is 0 Å². The lowest BCUT2D eigenvalue weighted by molar-refractivity contribution is 0.0339. The molecule has 0 atom stereocenters. The second kappa shape index (κ2) is 38.9. The van der Waals surface area contributed by atoms with Gasteiger partial charge in [-0.15, -0.1) is 34.0 Å². The number of carbonyl (C=O) groups excluding carboxylic acids is 6. The lowest BCUT2D eigenvalue weighted by Crippen LogP contribution is -2.41. The number of anilines is 12. The van der Waals surface area contributed by atoms with Gasteiger partial charge in [0.15, 0.2) is 17.5 Å². The molecule has 0 bridgehead atoms. The largest absolute Gasteiger partial charge is 0.508 e. The summed E-state index contributed by atoms with van der Waals surface area (Å²) in [7, 11) is 6.08. The number of hydrogen-bond acceptors (Lipinski definition) is 25. The van der Waals surface area contributed by atoms with Crippen LogP contribution in [-0.2, 0) is 29.1 Å². The van der Waals surface area contributed by atoms with Crippen molar-refractivity contribution in [2.75, 3.05) is 120 Å². The van der Waals surface area contributed by atoms with Crippen molar-refractivity contribution in [1.29, 1.82) is 0 Å². The first-order chi connectivity index (χ1) is 64.5. The SMILES string of the molecule is CN(C)C1CCN(Cc2ccc(NC(=O)c3sc4ncnc5c4c3NC(=O)N5c3ccc(Oc4ccccc4)cc3)cc2)CC1.COC1CCN(Cc2ccc(NC(=O)c3sc4ncnc5c4c3NC(=O)N5c3ccc(Oc4ccccc4)cc3)cc2)CC1.O=C(Nc1ccc(CN2CCOCC2)c(O)c1)c1sc2ncnc3c2c1NC(=O)N3c1ccc(Oc2ccccc2)cc1. The summed E-state index contributed by atoms with van der Waals surface area (Å²) in [4.78, 5) is 124. The van der Waals surface area contributed by atoms with Crippen molar-refractivity contribution in [3.8, 4) is 40.2 Å². The molecule has 0 radical (unpaired) electrons. The number of nitrogens with one attached hydrogen (secondary N) is 6. The molecule has 6 aliphatic heterocycles. The maximum absolute atomic E-state index is 13.5. The molecule has 21 rings (SSSR count). The van der Waals surface area contributed by atoms with E-state index in [1.807, 2.05) is 127 Å². The maximum Gasteiger partial charge on any atom is 0.332 e. The topological polar surface area (TPSA) is 341 Å². The summed E-state index contributed by atoms with van der Waals surface area (Å²) >= 11 is 3.60. The van der Waals surface area contributed by atoms with Gasteiger partial charge < -0.3 is 65.6 Å². The Morgan fingerprint density at radius 3 is 1.10 bits per heavy atom. The lowest BCUT2D eigenvalue weighted by Gasteiger charge is -2.35. The molecular formula is C98H89N19O12S3. The molecule has 7 N–H and O–H groups in total. The van der Waals surface area contributed by atoms with Gasteiger partial charge in [0.25, 0.3) is 17.7 Å². The van der Waals surface area contributed by atoms with Crippen LogP contribution < -0.4 is 60.8 Å². The van der Waals surface area contributed by atoms with E-state index in [1.54, 1.807) is 92.0 Å². The van der Waals surface area contributed by atoms with Gasteiger partial charge in [-0.1, -0.05) is 84.9 Å². The van der Waals surface area contributed by atoms with E-state index >= 15 is 0 Å². The first-order valence-electron chi connectivity index (χ1n) is 43.0. The van der Waals surface area contributed by atoms with Gasteiger partial charge in [-0.25, -0.2) is 59.0 Å². The number of ether oxygens (including phenoxy) is 5. The zero-order valence-corrected chi connectivity index (χ0v) is 74.4. The third kappa shape index (κ3) is 19.2. The number of aromatic nitrogens is 6. The molecule has 6 aromatic heterocycles. The number of likely N-dealkylation sites (tertiary alicyclic amines) is 2. The van der Waals surface area contributed by atoms with Gasteiger partial charge >= 0.3 is 18.1 Å². The van der Waals surface area contributed by atoms with Gasteiger partial charge in [-0.3, -0.25) is 29.1 Å². The summed E-state index contributed by atoms with van der Waals surface area (Å²) in [5.74, 6) is 4.30. The maximum atomic E-state index is 13.5. The fourth-order valence-corrected chi connectivity index (χ4v) is 19.6. The second-order valence-corrected chi connectivity index (χ2v) is 35.2. The molecule has 0 unspecified atom stereocenters. The average Bonchev–Trinajstić information content (AvgIpc) is 1.58. The number of para-hydroxylation sites is 3. The fourth-order valence-electron chi connectivity index (χ4n) is 16.6. The highest BCUT2D eigenvalue weighted by atomic mass is 32.1. The second-order valence-electron chi connectivity index (χ2n) is 32.2. The number of piperidine rings is 2. The number of phenols is 1. The minimum absolute atomic E-state index is 0.0965. The summed E-state index contributed by atoms with van der Waals surface area (Å²) in [5, 5.41) is 30.0. The number of benzene rings is 9. The van der Waals surface area contributed by atoms with Crippen molar-refractivity contribution in [3.05, 3.63) is 281 Å². The Kier molecular flexibility index (Phi) is 25.5. The van der Waals surface area contributed by atoms with Crippen LogP contribution in [0.25, 0.3) is 30.6 Å². The van der Waals surface area contributed by atoms with Gasteiger partial charge in [-0.05, 0) is 204 Å². The Morgan fingerprint density at radius 1 is 0.417 bits per heavy atom. The van der Waals surface area contributed by atoms with E-state index in [2.05, 4.69) is 108 Å². The third-order valence-corrected chi connectivity index (χ3v) is 26.7. The molecule has 9 aromatic carbocycles. The highest BCUT2D eigenvalue weighted by molar-refractivity contribution is 7.22. The number of phenolic OH excluding ortho intramolecular Hbond substituents is 1. The minimum atomic E-state index is -0.457. The van der Waals surface area contributed by atoms with Crippen LogP contribution in [0.3, 0.4) is 0 Å². The molecule has 31 nitrogen and oxygen atoms in total. The van der Waals surface area contributed by atoms with Gasteiger partial charge in [0.1, 0.15) is 88.4 Å². The standard InChI is InChI=1S/C34H33N7O3S.C33H30N6O4S.C31H26N6O5S/c1-39(2)24-16-18-40(19-17-24)20-22-8-10-23(11-9-22)37-32(42)30-29-28-31(35-21-36-33(28)45-30)41(34(43)38-29)25-12-14-27(15-13-25)44-26-6-4-3-5-7-26;1-42-24-15-17-38(18-16-24)19-21-7-9-22(10-8-21)36-31(40)29-28-27-30(34-20-35-32(27)44-29)39(33(41)37-28)23-11-13-26(14-12-23)43-25-5-3-2-4-6-25;38-24-16-20(7-6-19(24)17-36-12-14-41-15-13-36)34-29(39)27-26-25-28(32-18-33-30(25)43-27)37(31(40)35-26)21-8-10-23(11-9-21)42-22-4-2-1-3-5-22/h3-15,21,24H,16-20H2,1-2H3,(H,37,42)(H,38,43);2-14,20,24H,15-19H2,1H3,(H,36,40)(H,37,41);1-11,16,18,38H,12-15,17H2,(H,34,39)(H,35,40). The highest BCUT2D eigenvalue weighted by Gasteiger charge is 2.39. The highest BCUT2D eigenvalue weighted by Crippen LogP contribution is 2.49. The zero-order chi connectivity index (χ0) is 90.3. The Hall–Kier alpha value is -14.7. The van der Waals surface area contributed by atoms with Gasteiger partial charge in [0.2, 0.25) is 0 Å². The van der Waals surface area contributed by atoms with E-state index in [4.69, 9.17) is 23.7 Å². The number of methoxy groups -OCH3 is 1. The van der Waals surface area contributed by atoms with Crippen LogP contribution in [0.1, 0.15) is 71.4 Å². The first-order valence-corrected chi connectivity index (χ1v) is 45.5. The normalized spacial score (nSPS) is 15.2. The number of carbonyl (C=O) groups is 6. The number of nitrogens with zero attached hydrogens (tertiary/aromatic N) is 13. The lowest BCUT2D eigenvalue weighted by atomic mass is 10.0. The molecule has 34 heteroatoms. The van der Waals surface area contributed by atoms with Gasteiger partial charge in [-0.2, -0.15) is 0 Å². The van der Waals surface area contributed by atoms with Crippen molar-refractivity contribution in [1.82, 2.24) is 49.5 Å². The fraction of sp³-hybridized carbons (Fsp3) is 0.204. The summed E-state index contributed by atoms with van der Waals surface area (Å²) in [5.41, 5.74) is 7.94. The Morgan fingerprint density at radius 2 is 0.750 bits per heavy atom. The Balaban J connectivity index is 0.000000128. The molecule has 12 heterocycles. The van der Waals surface area contributed by atoms with Crippen LogP contribution in [0, 0.1) is 0 Å². The van der Waals surface area contributed by atoms with E-state index in [1.165, 1.54) is 86.4 Å². The quantitative estimate of drug-likeness (QED) is 0.0313. The smallest absolute Gasteiger partial charge is 0.332 e. The van der Waals surface area contributed by atoms with Gasteiger partial charge in [0.05, 0.1) is 69.6 Å². The van der Waals surface area contributed by atoms with Gasteiger partial charge in [0, 0.05) is 87.7 Å². The molecule has 0 saturated carbocycles. The van der Waals surface area contributed by atoms with Crippen molar-refractivity contribution in [2.45, 2.75) is 57.5 Å². The summed E-state index contributed by atoms with van der Waals surface area (Å²) in [6, 6.07) is 70.2. The number of hydrogen-bond donors (Lipinski definition) is 7. The number of morpholine rings is 1. The minimum Gasteiger partial charge on any atom is -0.508 e. The Bertz CT molecular complexity index is 6740. The van der Waals surface area contributed by atoms with Crippen LogP contribution in [-0.4, -0.2) is 176 Å². The van der Waals surface area contributed by atoms with Crippen LogP contribution in [0.5, 0.6) is 40.2 Å². The molecule has 9 amide bonds. The summed E-state index contributed by atoms with van der Waals surface area (Å²) in [6.07, 6.45) is 8.99. The van der Waals surface area contributed by atoms with Crippen LogP contribution >= 0.6 is 34.0 Å². The number of rotatable bonds is 23. The predicted molar refractivity (Wildman–Crippen MR) is 513 cm³/mol. The molecule has 666 valence electrons. The van der Waals surface area contributed by atoms with E-state index < -0.39 is 24.0 Å². The molecule has 132 heavy (non-hydrogen) atoms. The number of aromatic hydroxyl groups is 1.